The molecule has 1 atom stereocenters. The van der Waals surface area contributed by atoms with Gasteiger partial charge in [-0.25, -0.2) is 0 Å². The minimum absolute atomic E-state index is 0.00534. The van der Waals surface area contributed by atoms with Gasteiger partial charge in [0, 0.05) is 29.3 Å². The molecule has 0 saturated heterocycles. The zero-order valence-electron chi connectivity index (χ0n) is 12.1. The van der Waals surface area contributed by atoms with E-state index in [1.54, 1.807) is 0 Å². The van der Waals surface area contributed by atoms with Crippen molar-refractivity contribution in [2.45, 2.75) is 66.5 Å². The van der Waals surface area contributed by atoms with Crippen LogP contribution in [0.4, 0.5) is 0 Å². The second-order valence-corrected chi connectivity index (χ2v) is 6.84. The minimum Gasteiger partial charge on any atom is -0.352 e. The summed E-state index contributed by atoms with van der Waals surface area (Å²) in [6, 6.07) is 0.324. The summed E-state index contributed by atoms with van der Waals surface area (Å²) in [5, 5.41) is 3.17. The third-order valence-corrected chi connectivity index (χ3v) is 4.63. The Kier molecular flexibility index (Phi) is 3.92. The summed E-state index contributed by atoms with van der Waals surface area (Å²) in [6.45, 7) is 12.8. The molecule has 1 amide bonds. The molecule has 0 aliphatic heterocycles. The van der Waals surface area contributed by atoms with Gasteiger partial charge in [0.05, 0.1) is 0 Å². The Balaban J connectivity index is 2.60. The summed E-state index contributed by atoms with van der Waals surface area (Å²) in [7, 11) is 0. The Morgan fingerprint density at radius 1 is 1.29 bits per heavy atom. The number of amides is 1. The molecule has 1 saturated carbocycles. The van der Waals surface area contributed by atoms with E-state index in [4.69, 9.17) is 5.73 Å². The molecular formula is C14H28N2O. The van der Waals surface area contributed by atoms with E-state index >= 15 is 0 Å². The average Bonchev–Trinajstić information content (AvgIpc) is 2.24. The van der Waals surface area contributed by atoms with Crippen molar-refractivity contribution < 1.29 is 4.79 Å². The third-order valence-electron chi connectivity index (χ3n) is 4.63. The van der Waals surface area contributed by atoms with E-state index in [2.05, 4.69) is 46.9 Å². The highest BCUT2D eigenvalue weighted by atomic mass is 16.1. The number of hydrogen-bond donors (Lipinski definition) is 2. The molecule has 17 heavy (non-hydrogen) atoms. The molecule has 1 unspecified atom stereocenters. The van der Waals surface area contributed by atoms with Gasteiger partial charge >= 0.3 is 0 Å². The fourth-order valence-electron chi connectivity index (χ4n) is 3.23. The van der Waals surface area contributed by atoms with Crippen LogP contribution in [0.2, 0.25) is 0 Å². The second kappa shape index (κ2) is 4.60. The predicted molar refractivity (Wildman–Crippen MR) is 71.5 cm³/mol. The highest BCUT2D eigenvalue weighted by Crippen LogP contribution is 2.52. The van der Waals surface area contributed by atoms with E-state index in [-0.39, 0.29) is 28.8 Å². The van der Waals surface area contributed by atoms with Crippen LogP contribution in [0, 0.1) is 16.7 Å². The average molecular weight is 240 g/mol. The molecule has 3 heteroatoms. The van der Waals surface area contributed by atoms with E-state index in [1.807, 2.05) is 0 Å². The smallest absolute Gasteiger partial charge is 0.220 e. The van der Waals surface area contributed by atoms with Crippen molar-refractivity contribution in [3.63, 3.8) is 0 Å². The molecule has 0 aromatic rings. The first-order valence-corrected chi connectivity index (χ1v) is 6.69. The summed E-state index contributed by atoms with van der Waals surface area (Å²) in [5.74, 6) is 0.618. The fraction of sp³-hybridized carbons (Fsp3) is 0.929. The lowest BCUT2D eigenvalue weighted by Crippen LogP contribution is -2.76. The Hall–Kier alpha value is -0.570. The van der Waals surface area contributed by atoms with Crippen molar-refractivity contribution in [1.82, 2.24) is 5.32 Å². The molecule has 0 aromatic heterocycles. The Labute approximate surface area is 106 Å². The van der Waals surface area contributed by atoms with Crippen molar-refractivity contribution in [1.29, 1.82) is 0 Å². The van der Waals surface area contributed by atoms with E-state index in [9.17, 15) is 4.79 Å². The van der Waals surface area contributed by atoms with Crippen LogP contribution < -0.4 is 11.1 Å². The van der Waals surface area contributed by atoms with Gasteiger partial charge in [0.15, 0.2) is 0 Å². The maximum atomic E-state index is 11.9. The molecular weight excluding hydrogens is 212 g/mol. The SMILES string of the molecule is CCC(C)CC(=O)NC1C(C)(C)C(N)C1(C)C. The highest BCUT2D eigenvalue weighted by Gasteiger charge is 2.60. The Morgan fingerprint density at radius 3 is 2.18 bits per heavy atom. The maximum absolute atomic E-state index is 11.9. The lowest BCUT2D eigenvalue weighted by molar-refractivity contribution is -0.133. The fourth-order valence-corrected chi connectivity index (χ4v) is 3.23. The normalized spacial score (nSPS) is 31.5. The molecule has 3 N–H and O–H groups in total. The first-order chi connectivity index (χ1) is 7.64. The molecule has 0 radical (unpaired) electrons. The van der Waals surface area contributed by atoms with Crippen molar-refractivity contribution in [2.75, 3.05) is 0 Å². The molecule has 3 nitrogen and oxygen atoms in total. The summed E-state index contributed by atoms with van der Waals surface area (Å²) >= 11 is 0. The number of carbonyl (C=O) groups excluding carboxylic acids is 1. The first kappa shape index (κ1) is 14.5. The lowest BCUT2D eigenvalue weighted by Gasteiger charge is -2.63. The molecule has 0 spiro atoms. The van der Waals surface area contributed by atoms with Crippen molar-refractivity contribution in [2.24, 2.45) is 22.5 Å². The minimum atomic E-state index is -0.00534. The van der Waals surface area contributed by atoms with Gasteiger partial charge in [0.25, 0.3) is 0 Å². The molecule has 1 fully saturated rings. The first-order valence-electron chi connectivity index (χ1n) is 6.69. The number of hydrogen-bond acceptors (Lipinski definition) is 2. The van der Waals surface area contributed by atoms with Crippen LogP contribution in [-0.2, 0) is 4.79 Å². The van der Waals surface area contributed by atoms with Crippen LogP contribution in [0.5, 0.6) is 0 Å². The van der Waals surface area contributed by atoms with E-state index in [0.29, 0.717) is 12.3 Å². The zero-order chi connectivity index (χ0) is 13.4. The maximum Gasteiger partial charge on any atom is 0.220 e. The van der Waals surface area contributed by atoms with Gasteiger partial charge in [0.2, 0.25) is 5.91 Å². The molecule has 1 aliphatic carbocycles. The number of nitrogens with one attached hydrogen (secondary N) is 1. The predicted octanol–water partition coefficient (Wildman–Crippen LogP) is 2.30. The van der Waals surface area contributed by atoms with Gasteiger partial charge in [0.1, 0.15) is 0 Å². The van der Waals surface area contributed by atoms with E-state index in [0.717, 1.165) is 6.42 Å². The summed E-state index contributed by atoms with van der Waals surface area (Å²) < 4.78 is 0. The number of nitrogens with two attached hydrogens (primary N) is 1. The molecule has 0 heterocycles. The second-order valence-electron chi connectivity index (χ2n) is 6.84. The summed E-state index contributed by atoms with van der Waals surface area (Å²) in [6.07, 6.45) is 1.67. The largest absolute Gasteiger partial charge is 0.352 e. The Morgan fingerprint density at radius 2 is 1.76 bits per heavy atom. The molecule has 1 rings (SSSR count). The van der Waals surface area contributed by atoms with Gasteiger partial charge in [-0.15, -0.1) is 0 Å². The molecule has 0 bridgehead atoms. The van der Waals surface area contributed by atoms with Crippen LogP contribution in [0.25, 0.3) is 0 Å². The molecule has 0 aromatic carbocycles. The van der Waals surface area contributed by atoms with Crippen molar-refractivity contribution in [3.05, 3.63) is 0 Å². The van der Waals surface area contributed by atoms with Gasteiger partial charge in [-0.2, -0.15) is 0 Å². The van der Waals surface area contributed by atoms with Crippen LogP contribution >= 0.6 is 0 Å². The monoisotopic (exact) mass is 240 g/mol. The highest BCUT2D eigenvalue weighted by molar-refractivity contribution is 5.77. The zero-order valence-corrected chi connectivity index (χ0v) is 12.1. The van der Waals surface area contributed by atoms with Gasteiger partial charge in [-0.1, -0.05) is 48.0 Å². The third kappa shape index (κ3) is 2.49. The topological polar surface area (TPSA) is 55.1 Å². The quantitative estimate of drug-likeness (QED) is 0.792. The van der Waals surface area contributed by atoms with Gasteiger partial charge in [-0.05, 0) is 5.92 Å². The Bertz CT molecular complexity index is 281. The van der Waals surface area contributed by atoms with Gasteiger partial charge < -0.3 is 11.1 Å². The summed E-state index contributed by atoms with van der Waals surface area (Å²) in [4.78, 5) is 11.9. The van der Waals surface area contributed by atoms with Crippen molar-refractivity contribution in [3.8, 4) is 0 Å². The summed E-state index contributed by atoms with van der Waals surface area (Å²) in [5.41, 5.74) is 6.17. The molecule has 100 valence electrons. The van der Waals surface area contributed by atoms with Crippen LogP contribution in [0.15, 0.2) is 0 Å². The lowest BCUT2D eigenvalue weighted by atomic mass is 9.48. The van der Waals surface area contributed by atoms with Crippen molar-refractivity contribution >= 4 is 5.91 Å². The van der Waals surface area contributed by atoms with E-state index < -0.39 is 0 Å². The standard InChI is InChI=1S/C14H28N2O/c1-7-9(2)8-10(17)16-12-13(3,4)11(15)14(12,5)6/h9,11-12H,7-8,15H2,1-6H3,(H,16,17). The van der Waals surface area contributed by atoms with Crippen LogP contribution in [0.1, 0.15) is 54.4 Å². The number of rotatable bonds is 4. The van der Waals surface area contributed by atoms with E-state index in [1.165, 1.54) is 0 Å². The number of carbonyl (C=O) groups is 1. The van der Waals surface area contributed by atoms with Crippen LogP contribution in [0.3, 0.4) is 0 Å². The molecule has 1 aliphatic rings. The van der Waals surface area contributed by atoms with Crippen LogP contribution in [-0.4, -0.2) is 18.0 Å². The van der Waals surface area contributed by atoms with Gasteiger partial charge in [-0.3, -0.25) is 4.79 Å².